The van der Waals surface area contributed by atoms with Crippen LogP contribution in [0.2, 0.25) is 0 Å². The van der Waals surface area contributed by atoms with E-state index in [1.807, 2.05) is 0 Å². The van der Waals surface area contributed by atoms with Crippen LogP contribution in [0.15, 0.2) is 24.3 Å². The van der Waals surface area contributed by atoms with E-state index in [0.29, 0.717) is 6.10 Å². The van der Waals surface area contributed by atoms with Gasteiger partial charge in [-0.15, -0.1) is 0 Å². The summed E-state index contributed by atoms with van der Waals surface area (Å²) in [5.74, 6) is 0. The van der Waals surface area contributed by atoms with Gasteiger partial charge in [0.2, 0.25) is 0 Å². The average Bonchev–Trinajstić information content (AvgIpc) is 2.79. The summed E-state index contributed by atoms with van der Waals surface area (Å²) in [6, 6.07) is 8.37. The van der Waals surface area contributed by atoms with Crippen molar-refractivity contribution < 1.29 is 36.1 Å². The number of rotatable bonds is 0. The maximum atomic E-state index is 7.50. The van der Waals surface area contributed by atoms with Gasteiger partial charge in [-0.1, -0.05) is 24.3 Å². The minimum absolute atomic E-state index is 0. The standard InChI is InChI=1S/C9H10O.3CO.Cr/c1-7-9-5-3-2-4-8(9)6-10-7;3*1-2;/h2-5,7H,6H2,1H3;;;;/t7-;;;;/m1..../s1. The van der Waals surface area contributed by atoms with Crippen molar-refractivity contribution in [2.24, 2.45) is 0 Å². The number of benzene rings is 1. The Labute approximate surface area is 111 Å². The van der Waals surface area contributed by atoms with Gasteiger partial charge in [0, 0.05) is 17.4 Å². The summed E-state index contributed by atoms with van der Waals surface area (Å²) >= 11 is 0. The van der Waals surface area contributed by atoms with Gasteiger partial charge in [0.25, 0.3) is 0 Å². The fraction of sp³-hybridized carbons (Fsp3) is 0.250. The largest absolute Gasteiger partial charge is 0 e. The fourth-order valence-corrected chi connectivity index (χ4v) is 1.37. The zero-order chi connectivity index (χ0) is 13.0. The maximum absolute atomic E-state index is 7.50. The Morgan fingerprint density at radius 1 is 1.06 bits per heavy atom. The van der Waals surface area contributed by atoms with E-state index in [1.54, 1.807) is 0 Å². The molecular formula is C12H10CrO4. The molecule has 0 saturated carbocycles. The first-order valence-corrected chi connectivity index (χ1v) is 4.18. The molecule has 0 amide bonds. The minimum Gasteiger partial charge on any atom is 0 e. The molecule has 0 unspecified atom stereocenters. The summed E-state index contributed by atoms with van der Waals surface area (Å²) in [6.07, 6.45) is 0.302. The van der Waals surface area contributed by atoms with E-state index in [2.05, 4.69) is 51.1 Å². The summed E-state index contributed by atoms with van der Waals surface area (Å²) < 4.78 is 27.9. The van der Waals surface area contributed by atoms with Crippen molar-refractivity contribution in [3.63, 3.8) is 0 Å². The Morgan fingerprint density at radius 3 is 2.00 bits per heavy atom. The monoisotopic (exact) mass is 270 g/mol. The molecule has 0 saturated heterocycles. The van der Waals surface area contributed by atoms with E-state index in [1.165, 1.54) is 11.1 Å². The van der Waals surface area contributed by atoms with Crippen molar-refractivity contribution >= 4 is 0 Å². The van der Waals surface area contributed by atoms with Gasteiger partial charge in [-0.05, 0) is 18.1 Å². The second kappa shape index (κ2) is 14.9. The van der Waals surface area contributed by atoms with Crippen molar-refractivity contribution in [3.05, 3.63) is 55.3 Å². The second-order valence-corrected chi connectivity index (χ2v) is 2.65. The van der Waals surface area contributed by atoms with Crippen LogP contribution in [0.3, 0.4) is 0 Å². The minimum atomic E-state index is 0. The fourth-order valence-electron chi connectivity index (χ4n) is 1.37. The molecular weight excluding hydrogens is 260 g/mol. The van der Waals surface area contributed by atoms with Crippen LogP contribution < -0.4 is 0 Å². The van der Waals surface area contributed by atoms with Gasteiger partial charge in [0.1, 0.15) is 0 Å². The van der Waals surface area contributed by atoms with Gasteiger partial charge < -0.3 is 4.74 Å². The van der Waals surface area contributed by atoms with Crippen molar-refractivity contribution in [3.8, 4) is 0 Å². The van der Waals surface area contributed by atoms with E-state index in [4.69, 9.17) is 18.7 Å². The molecule has 1 aromatic rings. The molecule has 0 bridgehead atoms. The Hall–Kier alpha value is -1.07. The molecule has 0 spiro atoms. The molecule has 0 N–H and O–H groups in total. The normalized spacial score (nSPS) is 13.7. The predicted molar refractivity (Wildman–Crippen MR) is 51.4 cm³/mol. The van der Waals surface area contributed by atoms with Crippen LogP contribution in [0.5, 0.6) is 0 Å². The van der Waals surface area contributed by atoms with Crippen LogP contribution in [0, 0.1) is 20.0 Å². The Morgan fingerprint density at radius 2 is 1.53 bits per heavy atom. The van der Waals surface area contributed by atoms with Gasteiger partial charge in [-0.2, -0.15) is 0 Å². The Balaban J connectivity index is -0.000000248. The van der Waals surface area contributed by atoms with Crippen LogP contribution in [0.1, 0.15) is 24.2 Å². The molecule has 4 nitrogen and oxygen atoms in total. The molecule has 1 atom stereocenters. The molecule has 1 aliphatic heterocycles. The second-order valence-electron chi connectivity index (χ2n) is 2.65. The zero-order valence-corrected chi connectivity index (χ0v) is 10.4. The SMILES string of the molecule is C[C@H]1OCc2ccccc21.[C-]#[O+].[C-]#[O+].[C-]#[O+].[Cr]. The summed E-state index contributed by atoms with van der Waals surface area (Å²) in [4.78, 5) is 0. The zero-order valence-electron chi connectivity index (χ0n) is 9.14. The van der Waals surface area contributed by atoms with Crippen LogP contribution in [-0.4, -0.2) is 0 Å². The van der Waals surface area contributed by atoms with E-state index in [-0.39, 0.29) is 17.4 Å². The van der Waals surface area contributed by atoms with Crippen molar-refractivity contribution in [2.45, 2.75) is 19.6 Å². The van der Waals surface area contributed by atoms with E-state index < -0.39 is 0 Å². The van der Waals surface area contributed by atoms with Crippen molar-refractivity contribution in [2.75, 3.05) is 0 Å². The molecule has 0 fully saturated rings. The first-order chi connectivity index (χ1) is 7.88. The molecule has 17 heavy (non-hydrogen) atoms. The molecule has 2 rings (SSSR count). The van der Waals surface area contributed by atoms with E-state index in [0.717, 1.165) is 6.61 Å². The number of hydrogen-bond donors (Lipinski definition) is 0. The summed E-state index contributed by atoms with van der Waals surface area (Å²) in [5, 5.41) is 0. The van der Waals surface area contributed by atoms with Crippen molar-refractivity contribution in [1.29, 1.82) is 0 Å². The molecule has 0 aliphatic carbocycles. The van der Waals surface area contributed by atoms with E-state index >= 15 is 0 Å². The van der Waals surface area contributed by atoms with Crippen LogP contribution >= 0.6 is 0 Å². The van der Waals surface area contributed by atoms with Crippen LogP contribution in [0.25, 0.3) is 0 Å². The van der Waals surface area contributed by atoms with Gasteiger partial charge >= 0.3 is 33.9 Å². The van der Waals surface area contributed by atoms with Gasteiger partial charge in [0.15, 0.2) is 0 Å². The summed E-state index contributed by atoms with van der Waals surface area (Å²) in [5.41, 5.74) is 2.69. The van der Waals surface area contributed by atoms with Gasteiger partial charge in [-0.25, -0.2) is 0 Å². The molecule has 88 valence electrons. The van der Waals surface area contributed by atoms with Crippen molar-refractivity contribution in [1.82, 2.24) is 0 Å². The topological polar surface area (TPSA) is 68.9 Å². The Kier molecular flexibility index (Phi) is 18.7. The third kappa shape index (κ3) is 6.97. The van der Waals surface area contributed by atoms with Gasteiger partial charge in [0.05, 0.1) is 12.7 Å². The van der Waals surface area contributed by atoms with E-state index in [9.17, 15) is 0 Å². The molecule has 1 aromatic carbocycles. The van der Waals surface area contributed by atoms with Crippen LogP contribution in [0.4, 0.5) is 0 Å². The molecule has 5 heteroatoms. The number of ether oxygens (including phenoxy) is 1. The molecule has 0 radical (unpaired) electrons. The van der Waals surface area contributed by atoms with Crippen LogP contribution in [-0.2, 0) is 42.7 Å². The summed E-state index contributed by atoms with van der Waals surface area (Å²) in [7, 11) is 0. The average molecular weight is 270 g/mol. The maximum Gasteiger partial charge on any atom is 0 e. The first-order valence-electron chi connectivity index (χ1n) is 4.18. The molecule has 1 aliphatic rings. The predicted octanol–water partition coefficient (Wildman–Crippen LogP) is 2.16. The Bertz CT molecular complexity index is 343. The number of hydrogen-bond acceptors (Lipinski definition) is 1. The summed E-state index contributed by atoms with van der Waals surface area (Å²) in [6.45, 7) is 16.4. The first kappa shape index (κ1) is 21.2. The molecule has 1 heterocycles. The smallest absolute Gasteiger partial charge is 0 e. The third-order valence-corrected chi connectivity index (χ3v) is 1.98. The quantitative estimate of drug-likeness (QED) is 0.526. The van der Waals surface area contributed by atoms with Gasteiger partial charge in [-0.3, -0.25) is 0 Å². The molecule has 0 aromatic heterocycles. The number of fused-ring (bicyclic) bond motifs is 1. The third-order valence-electron chi connectivity index (χ3n) is 1.98.